The Morgan fingerprint density at radius 1 is 1.78 bits per heavy atom. The van der Waals surface area contributed by atoms with E-state index in [0.717, 1.165) is 5.69 Å². The Hall–Kier alpha value is -0.610. The first-order valence-electron chi connectivity index (χ1n) is 2.66. The topological polar surface area (TPSA) is 64.9 Å². The van der Waals surface area contributed by atoms with Crippen LogP contribution in [0.4, 0.5) is 5.13 Å². The van der Waals surface area contributed by atoms with E-state index in [0.29, 0.717) is 5.13 Å². The summed E-state index contributed by atoms with van der Waals surface area (Å²) in [5.74, 6) is 0. The maximum absolute atomic E-state index is 5.52. The fourth-order valence-electron chi connectivity index (χ4n) is 0.510. The van der Waals surface area contributed by atoms with Crippen molar-refractivity contribution in [2.45, 2.75) is 13.0 Å². The lowest BCUT2D eigenvalue weighted by atomic mass is 10.3. The van der Waals surface area contributed by atoms with Crippen LogP contribution in [0.2, 0.25) is 0 Å². The Kier molecular flexibility index (Phi) is 1.68. The van der Waals surface area contributed by atoms with Crippen LogP contribution in [0.5, 0.6) is 0 Å². The summed E-state index contributed by atoms with van der Waals surface area (Å²) in [6.45, 7) is 1.88. The molecule has 3 nitrogen and oxygen atoms in total. The van der Waals surface area contributed by atoms with Gasteiger partial charge in [-0.2, -0.15) is 0 Å². The lowest BCUT2D eigenvalue weighted by molar-refractivity contribution is 0.791. The number of hydrogen-bond donors (Lipinski definition) is 2. The smallest absolute Gasteiger partial charge is 0.180 e. The second-order valence-corrected chi connectivity index (χ2v) is 2.79. The Bertz CT molecular complexity index is 194. The number of anilines is 1. The van der Waals surface area contributed by atoms with Crippen LogP contribution in [-0.2, 0) is 0 Å². The van der Waals surface area contributed by atoms with Gasteiger partial charge >= 0.3 is 0 Å². The highest BCUT2D eigenvalue weighted by molar-refractivity contribution is 7.13. The molecule has 1 aromatic heterocycles. The van der Waals surface area contributed by atoms with Crippen molar-refractivity contribution in [3.05, 3.63) is 11.1 Å². The zero-order valence-corrected chi connectivity index (χ0v) is 5.98. The average molecular weight is 143 g/mol. The molecule has 0 fully saturated rings. The summed E-state index contributed by atoms with van der Waals surface area (Å²) >= 11 is 1.42. The third kappa shape index (κ3) is 1.40. The van der Waals surface area contributed by atoms with E-state index in [1.807, 2.05) is 12.3 Å². The summed E-state index contributed by atoms with van der Waals surface area (Å²) in [5, 5.41) is 2.46. The van der Waals surface area contributed by atoms with Crippen LogP contribution < -0.4 is 11.5 Å². The van der Waals surface area contributed by atoms with E-state index in [2.05, 4.69) is 4.98 Å². The van der Waals surface area contributed by atoms with Crippen molar-refractivity contribution in [1.82, 2.24) is 4.98 Å². The highest BCUT2D eigenvalue weighted by atomic mass is 32.1. The molecule has 4 N–H and O–H groups in total. The van der Waals surface area contributed by atoms with Gasteiger partial charge in [0.15, 0.2) is 5.13 Å². The Labute approximate surface area is 57.7 Å². The minimum Gasteiger partial charge on any atom is -0.375 e. The molecule has 1 heterocycles. The van der Waals surface area contributed by atoms with Gasteiger partial charge in [-0.1, -0.05) is 0 Å². The van der Waals surface area contributed by atoms with E-state index < -0.39 is 0 Å². The molecule has 0 bridgehead atoms. The second kappa shape index (κ2) is 2.33. The van der Waals surface area contributed by atoms with Gasteiger partial charge in [0.25, 0.3) is 0 Å². The molecule has 0 amide bonds. The van der Waals surface area contributed by atoms with Gasteiger partial charge in [0, 0.05) is 11.4 Å². The number of nitrogen functional groups attached to an aromatic ring is 1. The van der Waals surface area contributed by atoms with Crippen molar-refractivity contribution < 1.29 is 0 Å². The molecule has 0 aliphatic rings. The van der Waals surface area contributed by atoms with Crippen LogP contribution in [0.25, 0.3) is 0 Å². The first kappa shape index (κ1) is 6.51. The largest absolute Gasteiger partial charge is 0.375 e. The molecule has 0 radical (unpaired) electrons. The summed E-state index contributed by atoms with van der Waals surface area (Å²) in [5.41, 5.74) is 11.8. The summed E-state index contributed by atoms with van der Waals surface area (Å²) in [7, 11) is 0. The summed E-state index contributed by atoms with van der Waals surface area (Å²) in [4.78, 5) is 3.98. The maximum Gasteiger partial charge on any atom is 0.180 e. The molecule has 0 aliphatic heterocycles. The van der Waals surface area contributed by atoms with Crippen molar-refractivity contribution >= 4 is 16.5 Å². The summed E-state index contributed by atoms with van der Waals surface area (Å²) in [6, 6.07) is -0.00134. The van der Waals surface area contributed by atoms with Crippen molar-refractivity contribution in [1.29, 1.82) is 0 Å². The third-order valence-corrected chi connectivity index (χ3v) is 1.70. The normalized spacial score (nSPS) is 13.6. The van der Waals surface area contributed by atoms with Crippen LogP contribution in [-0.4, -0.2) is 4.98 Å². The van der Waals surface area contributed by atoms with Crippen molar-refractivity contribution in [2.24, 2.45) is 5.73 Å². The Morgan fingerprint density at radius 2 is 2.44 bits per heavy atom. The minimum atomic E-state index is -0.00134. The molecule has 0 aliphatic carbocycles. The molecule has 0 saturated carbocycles. The molecular weight excluding hydrogens is 134 g/mol. The lowest BCUT2D eigenvalue weighted by Gasteiger charge is -1.95. The Morgan fingerprint density at radius 3 is 2.67 bits per heavy atom. The molecule has 0 unspecified atom stereocenters. The van der Waals surface area contributed by atoms with E-state index >= 15 is 0 Å². The number of rotatable bonds is 1. The molecule has 1 aromatic rings. The number of hydrogen-bond acceptors (Lipinski definition) is 4. The fraction of sp³-hybridized carbons (Fsp3) is 0.400. The SMILES string of the molecule is C[C@@H](N)c1csc(N)n1. The van der Waals surface area contributed by atoms with E-state index in [-0.39, 0.29) is 6.04 Å². The highest BCUT2D eigenvalue weighted by Gasteiger charge is 2.01. The first-order chi connectivity index (χ1) is 4.20. The van der Waals surface area contributed by atoms with E-state index in [9.17, 15) is 0 Å². The van der Waals surface area contributed by atoms with Gasteiger partial charge in [-0.3, -0.25) is 0 Å². The first-order valence-corrected chi connectivity index (χ1v) is 3.54. The zero-order valence-electron chi connectivity index (χ0n) is 5.16. The molecule has 1 atom stereocenters. The van der Waals surface area contributed by atoms with Crippen LogP contribution >= 0.6 is 11.3 Å². The average Bonchev–Trinajstić information content (AvgIpc) is 2.14. The van der Waals surface area contributed by atoms with Crippen LogP contribution in [0.1, 0.15) is 18.7 Å². The summed E-state index contributed by atoms with van der Waals surface area (Å²) < 4.78 is 0. The van der Waals surface area contributed by atoms with Gasteiger partial charge in [-0.15, -0.1) is 11.3 Å². The molecule has 0 aromatic carbocycles. The maximum atomic E-state index is 5.52. The molecule has 0 saturated heterocycles. The fourth-order valence-corrected chi connectivity index (χ4v) is 1.18. The summed E-state index contributed by atoms with van der Waals surface area (Å²) in [6.07, 6.45) is 0. The number of aromatic nitrogens is 1. The molecule has 50 valence electrons. The van der Waals surface area contributed by atoms with Gasteiger partial charge in [0.05, 0.1) is 5.69 Å². The monoisotopic (exact) mass is 143 g/mol. The highest BCUT2D eigenvalue weighted by Crippen LogP contribution is 2.15. The quantitative estimate of drug-likeness (QED) is 0.609. The molecule has 9 heavy (non-hydrogen) atoms. The second-order valence-electron chi connectivity index (χ2n) is 1.90. The van der Waals surface area contributed by atoms with Crippen molar-refractivity contribution in [3.63, 3.8) is 0 Å². The van der Waals surface area contributed by atoms with Crippen LogP contribution in [0.15, 0.2) is 5.38 Å². The third-order valence-electron chi connectivity index (χ3n) is 1.01. The van der Waals surface area contributed by atoms with E-state index in [1.54, 1.807) is 0 Å². The lowest BCUT2D eigenvalue weighted by Crippen LogP contribution is -2.05. The number of nitrogens with zero attached hydrogens (tertiary/aromatic N) is 1. The predicted octanol–water partition coefficient (Wildman–Crippen LogP) is 0.745. The number of thiazole rings is 1. The van der Waals surface area contributed by atoms with Crippen LogP contribution in [0, 0.1) is 0 Å². The van der Waals surface area contributed by atoms with Crippen molar-refractivity contribution in [3.8, 4) is 0 Å². The standard InChI is InChI=1S/C5H9N3S/c1-3(6)4-2-9-5(7)8-4/h2-3H,6H2,1H3,(H2,7,8)/t3-/m1/s1. The molecule has 1 rings (SSSR count). The van der Waals surface area contributed by atoms with E-state index in [1.165, 1.54) is 11.3 Å². The predicted molar refractivity (Wildman–Crippen MR) is 39.1 cm³/mol. The Balaban J connectivity index is 2.85. The van der Waals surface area contributed by atoms with Gasteiger partial charge in [-0.05, 0) is 6.92 Å². The van der Waals surface area contributed by atoms with Crippen LogP contribution in [0.3, 0.4) is 0 Å². The van der Waals surface area contributed by atoms with Gasteiger partial charge in [0.2, 0.25) is 0 Å². The number of nitrogens with two attached hydrogens (primary N) is 2. The zero-order chi connectivity index (χ0) is 6.85. The van der Waals surface area contributed by atoms with Gasteiger partial charge in [-0.25, -0.2) is 4.98 Å². The molecule has 0 spiro atoms. The van der Waals surface area contributed by atoms with Gasteiger partial charge < -0.3 is 11.5 Å². The van der Waals surface area contributed by atoms with Crippen molar-refractivity contribution in [2.75, 3.05) is 5.73 Å². The van der Waals surface area contributed by atoms with E-state index in [4.69, 9.17) is 11.5 Å². The minimum absolute atomic E-state index is 0.00134. The van der Waals surface area contributed by atoms with Gasteiger partial charge in [0.1, 0.15) is 0 Å². The molecule has 4 heteroatoms. The molecular formula is C5H9N3S.